The first-order valence-corrected chi connectivity index (χ1v) is 11.4. The molecule has 0 heterocycles. The standard InChI is InChI=1S/C23H31NO6S/c1-21-9-16(27)18-13(14(21)5-6-23(21,30)17(28)10-25)4-3-11-7-12(26)8-15(22(11,18)2)19(31)20(24)29/h7-8,13-14,16,18-19,25,27,30-31H,3-6,9-10H2,1-2H3,(H2,24,29)/t13-,14-,16-,18+,19?,21-,22+,23-/m0/s1. The topological polar surface area (TPSA) is 138 Å². The van der Waals surface area contributed by atoms with Gasteiger partial charge in [-0.3, -0.25) is 14.4 Å². The molecule has 0 spiro atoms. The van der Waals surface area contributed by atoms with Crippen LogP contribution in [-0.2, 0) is 14.4 Å². The van der Waals surface area contributed by atoms with Gasteiger partial charge in [-0.1, -0.05) is 19.4 Å². The van der Waals surface area contributed by atoms with Crippen LogP contribution in [0.25, 0.3) is 0 Å². The summed E-state index contributed by atoms with van der Waals surface area (Å²) in [4.78, 5) is 36.9. The van der Waals surface area contributed by atoms with Gasteiger partial charge in [0.05, 0.1) is 6.10 Å². The number of ketones is 2. The predicted molar refractivity (Wildman–Crippen MR) is 116 cm³/mol. The summed E-state index contributed by atoms with van der Waals surface area (Å²) in [7, 11) is 0. The van der Waals surface area contributed by atoms with E-state index in [9.17, 15) is 29.7 Å². The third kappa shape index (κ3) is 2.88. The molecule has 0 bridgehead atoms. The van der Waals surface area contributed by atoms with Crippen molar-refractivity contribution >= 4 is 30.1 Å². The lowest BCUT2D eigenvalue weighted by Crippen LogP contribution is -2.62. The Bertz CT molecular complexity index is 914. The van der Waals surface area contributed by atoms with Gasteiger partial charge in [-0.25, -0.2) is 0 Å². The van der Waals surface area contributed by atoms with Crippen LogP contribution in [0.5, 0.6) is 0 Å². The van der Waals surface area contributed by atoms with E-state index >= 15 is 0 Å². The van der Waals surface area contributed by atoms with Crippen molar-refractivity contribution in [2.45, 2.75) is 62.9 Å². The van der Waals surface area contributed by atoms with Gasteiger partial charge in [0.25, 0.3) is 0 Å². The zero-order valence-electron chi connectivity index (χ0n) is 17.9. The van der Waals surface area contributed by atoms with E-state index in [0.717, 1.165) is 5.57 Å². The molecule has 8 heteroatoms. The second kappa shape index (κ2) is 7.27. The number of nitrogens with two attached hydrogens (primary N) is 1. The quantitative estimate of drug-likeness (QED) is 0.401. The molecule has 0 aromatic heterocycles. The van der Waals surface area contributed by atoms with E-state index in [0.29, 0.717) is 24.8 Å². The number of carbonyl (C=O) groups excluding carboxylic acids is 3. The number of aliphatic hydroxyl groups is 3. The molecule has 0 aromatic carbocycles. The van der Waals surface area contributed by atoms with E-state index < -0.39 is 46.1 Å². The van der Waals surface area contributed by atoms with Crippen LogP contribution >= 0.6 is 12.6 Å². The summed E-state index contributed by atoms with van der Waals surface area (Å²) in [5, 5.41) is 31.3. The second-order valence-corrected chi connectivity index (χ2v) is 10.7. The molecule has 4 aliphatic rings. The Morgan fingerprint density at radius 3 is 2.58 bits per heavy atom. The van der Waals surface area contributed by atoms with Gasteiger partial charge in [-0.05, 0) is 61.7 Å². The molecule has 0 saturated heterocycles. The van der Waals surface area contributed by atoms with E-state index in [-0.39, 0.29) is 36.4 Å². The highest BCUT2D eigenvalue weighted by Crippen LogP contribution is 2.68. The Morgan fingerprint density at radius 2 is 1.97 bits per heavy atom. The van der Waals surface area contributed by atoms with Crippen LogP contribution in [0.1, 0.15) is 46.0 Å². The van der Waals surface area contributed by atoms with Gasteiger partial charge >= 0.3 is 0 Å². The Hall–Kier alpha value is -1.48. The van der Waals surface area contributed by atoms with Crippen LogP contribution in [0.3, 0.4) is 0 Å². The van der Waals surface area contributed by atoms with Crippen LogP contribution in [0.2, 0.25) is 0 Å². The molecule has 4 rings (SSSR count). The first-order valence-electron chi connectivity index (χ1n) is 10.9. The Labute approximate surface area is 187 Å². The number of hydrogen-bond donors (Lipinski definition) is 5. The number of amides is 1. The van der Waals surface area contributed by atoms with Crippen molar-refractivity contribution in [3.05, 3.63) is 23.3 Å². The highest BCUT2D eigenvalue weighted by Gasteiger charge is 2.68. The minimum absolute atomic E-state index is 0.0265. The van der Waals surface area contributed by atoms with Crippen molar-refractivity contribution in [1.82, 2.24) is 0 Å². The van der Waals surface area contributed by atoms with Crippen molar-refractivity contribution in [3.63, 3.8) is 0 Å². The fraction of sp³-hybridized carbons (Fsp3) is 0.696. The first-order chi connectivity index (χ1) is 14.4. The van der Waals surface area contributed by atoms with E-state index in [2.05, 4.69) is 12.6 Å². The number of allylic oxidation sites excluding steroid dienone is 3. The number of hydrogen-bond acceptors (Lipinski definition) is 7. The molecule has 3 saturated carbocycles. The molecule has 8 atom stereocenters. The zero-order chi connectivity index (χ0) is 22.9. The van der Waals surface area contributed by atoms with E-state index in [1.807, 2.05) is 13.8 Å². The minimum atomic E-state index is -1.67. The Morgan fingerprint density at radius 1 is 1.29 bits per heavy atom. The summed E-state index contributed by atoms with van der Waals surface area (Å²) in [6.07, 6.45) is 4.53. The average molecular weight is 450 g/mol. The van der Waals surface area contributed by atoms with Gasteiger partial charge in [0.15, 0.2) is 11.6 Å². The molecule has 1 amide bonds. The molecule has 0 radical (unpaired) electrons. The van der Waals surface area contributed by atoms with Crippen LogP contribution < -0.4 is 5.73 Å². The number of carbonyl (C=O) groups is 3. The molecular weight excluding hydrogens is 418 g/mol. The molecule has 5 N–H and O–H groups in total. The number of aliphatic hydroxyl groups excluding tert-OH is 2. The predicted octanol–water partition coefficient (Wildman–Crippen LogP) is 0.711. The van der Waals surface area contributed by atoms with Gasteiger partial charge in [-0.15, -0.1) is 0 Å². The highest BCUT2D eigenvalue weighted by atomic mass is 32.1. The smallest absolute Gasteiger partial charge is 0.234 e. The maximum atomic E-state index is 12.5. The molecule has 31 heavy (non-hydrogen) atoms. The summed E-state index contributed by atoms with van der Waals surface area (Å²) in [5.41, 5.74) is 3.64. The summed E-state index contributed by atoms with van der Waals surface area (Å²) >= 11 is 4.41. The van der Waals surface area contributed by atoms with Crippen molar-refractivity contribution in [1.29, 1.82) is 0 Å². The Balaban J connectivity index is 1.80. The molecular formula is C23H31NO6S. The summed E-state index contributed by atoms with van der Waals surface area (Å²) < 4.78 is 0. The van der Waals surface area contributed by atoms with Gasteiger partial charge in [-0.2, -0.15) is 12.6 Å². The molecule has 0 aromatic rings. The van der Waals surface area contributed by atoms with Crippen molar-refractivity contribution in [2.75, 3.05) is 6.61 Å². The molecule has 3 fully saturated rings. The van der Waals surface area contributed by atoms with E-state index in [4.69, 9.17) is 5.73 Å². The second-order valence-electron chi connectivity index (χ2n) is 10.2. The third-order valence-corrected chi connectivity index (χ3v) is 9.60. The lowest BCUT2D eigenvalue weighted by atomic mass is 9.44. The summed E-state index contributed by atoms with van der Waals surface area (Å²) in [5.74, 6) is -1.82. The summed E-state index contributed by atoms with van der Waals surface area (Å²) in [6, 6.07) is 0. The Kier molecular flexibility index (Phi) is 5.32. The van der Waals surface area contributed by atoms with E-state index in [1.165, 1.54) is 6.08 Å². The van der Waals surface area contributed by atoms with Crippen LogP contribution in [-0.4, -0.2) is 56.4 Å². The number of Topliss-reactive ketones (excluding diaryl/α,β-unsaturated/α-hetero) is 1. The monoisotopic (exact) mass is 449 g/mol. The van der Waals surface area contributed by atoms with Gasteiger partial charge < -0.3 is 21.1 Å². The van der Waals surface area contributed by atoms with Crippen molar-refractivity contribution in [2.24, 2.45) is 34.3 Å². The lowest BCUT2D eigenvalue weighted by molar-refractivity contribution is -0.179. The van der Waals surface area contributed by atoms with Crippen molar-refractivity contribution < 1.29 is 29.7 Å². The molecule has 4 aliphatic carbocycles. The molecule has 0 aliphatic heterocycles. The lowest BCUT2D eigenvalue weighted by Gasteiger charge is -2.61. The van der Waals surface area contributed by atoms with Crippen molar-refractivity contribution in [3.8, 4) is 0 Å². The SMILES string of the molecule is C[C@@]12C(=CC(=O)C=C1C(S)C(N)=O)CC[C@@H]1[C@@H]2[C@@H](O)C[C@@]2(C)[C@H]1CC[C@]2(O)C(=O)CO. The fourth-order valence-electron chi connectivity index (χ4n) is 7.59. The third-order valence-electron chi connectivity index (χ3n) is 9.07. The number of primary amides is 1. The maximum absolute atomic E-state index is 12.5. The van der Waals surface area contributed by atoms with Crippen LogP contribution in [0.15, 0.2) is 23.3 Å². The summed E-state index contributed by atoms with van der Waals surface area (Å²) in [6.45, 7) is 3.06. The zero-order valence-corrected chi connectivity index (χ0v) is 18.8. The van der Waals surface area contributed by atoms with Gasteiger partial charge in [0.2, 0.25) is 5.91 Å². The normalized spacial score (nSPS) is 45.0. The number of rotatable bonds is 4. The molecule has 7 nitrogen and oxygen atoms in total. The van der Waals surface area contributed by atoms with Crippen LogP contribution in [0.4, 0.5) is 0 Å². The largest absolute Gasteiger partial charge is 0.393 e. The molecule has 1 unspecified atom stereocenters. The average Bonchev–Trinajstić information content (AvgIpc) is 2.97. The van der Waals surface area contributed by atoms with Gasteiger partial charge in [0, 0.05) is 16.7 Å². The minimum Gasteiger partial charge on any atom is -0.393 e. The fourth-order valence-corrected chi connectivity index (χ4v) is 7.93. The number of fused-ring (bicyclic) bond motifs is 5. The van der Waals surface area contributed by atoms with E-state index in [1.54, 1.807) is 6.08 Å². The number of thiol groups is 1. The molecule has 170 valence electrons. The van der Waals surface area contributed by atoms with Gasteiger partial charge in [0.1, 0.15) is 17.5 Å². The van der Waals surface area contributed by atoms with Crippen LogP contribution in [0, 0.1) is 28.6 Å². The highest BCUT2D eigenvalue weighted by molar-refractivity contribution is 7.82. The first kappa shape index (κ1) is 22.7. The maximum Gasteiger partial charge on any atom is 0.234 e.